The molecule has 21 heavy (non-hydrogen) atoms. The van der Waals surface area contributed by atoms with Crippen molar-refractivity contribution in [3.8, 4) is 5.75 Å². The first kappa shape index (κ1) is 14.9. The van der Waals surface area contributed by atoms with Crippen molar-refractivity contribution in [2.75, 3.05) is 5.73 Å². The lowest BCUT2D eigenvalue weighted by Gasteiger charge is -2.12. The second-order valence-electron chi connectivity index (χ2n) is 4.45. The van der Waals surface area contributed by atoms with Crippen LogP contribution in [0.3, 0.4) is 0 Å². The standard InChI is InChI=1S/C15H12ClNO4/c16-10-5-9(6-13(19)20)14(17)12(7-10)15(21)8-1-3-11(18)4-2-8/h1-5,7,18H,6,17H2,(H,19,20)/p-1. The number of halogens is 1. The van der Waals surface area contributed by atoms with Gasteiger partial charge in [0.05, 0.1) is 0 Å². The van der Waals surface area contributed by atoms with Crippen LogP contribution in [0.25, 0.3) is 0 Å². The van der Waals surface area contributed by atoms with Crippen molar-refractivity contribution in [2.45, 2.75) is 6.42 Å². The van der Waals surface area contributed by atoms with E-state index in [1.165, 1.54) is 36.4 Å². The molecule has 0 aliphatic heterocycles. The molecule has 2 rings (SSSR count). The molecule has 0 atom stereocenters. The van der Waals surface area contributed by atoms with E-state index >= 15 is 0 Å². The third-order valence-corrected chi connectivity index (χ3v) is 3.16. The van der Waals surface area contributed by atoms with Crippen LogP contribution >= 0.6 is 11.6 Å². The van der Waals surface area contributed by atoms with Gasteiger partial charge >= 0.3 is 0 Å². The minimum Gasteiger partial charge on any atom is -0.550 e. The molecule has 3 N–H and O–H groups in total. The summed E-state index contributed by atoms with van der Waals surface area (Å²) in [5, 5.41) is 20.1. The Hall–Kier alpha value is -2.53. The van der Waals surface area contributed by atoms with Gasteiger partial charge in [0, 0.05) is 34.2 Å². The molecule has 0 radical (unpaired) electrons. The minimum atomic E-state index is -1.31. The molecule has 0 saturated heterocycles. The molecule has 0 unspecified atom stereocenters. The highest BCUT2D eigenvalue weighted by atomic mass is 35.5. The van der Waals surface area contributed by atoms with Crippen LogP contribution in [0.5, 0.6) is 5.75 Å². The Labute approximate surface area is 125 Å². The van der Waals surface area contributed by atoms with Crippen LogP contribution in [-0.2, 0) is 11.2 Å². The first-order chi connectivity index (χ1) is 9.88. The normalized spacial score (nSPS) is 10.3. The van der Waals surface area contributed by atoms with Crippen LogP contribution in [0.4, 0.5) is 5.69 Å². The first-order valence-corrected chi connectivity index (χ1v) is 6.37. The largest absolute Gasteiger partial charge is 0.550 e. The number of carboxylic acids is 1. The SMILES string of the molecule is Nc1c(CC(=O)[O-])cc(Cl)cc1C(=O)c1ccc(O)cc1. The van der Waals surface area contributed by atoms with Gasteiger partial charge in [-0.3, -0.25) is 4.79 Å². The van der Waals surface area contributed by atoms with Crippen LogP contribution in [0, 0.1) is 0 Å². The summed E-state index contributed by atoms with van der Waals surface area (Å²) >= 11 is 5.90. The number of carbonyl (C=O) groups excluding carboxylic acids is 2. The van der Waals surface area contributed by atoms with Gasteiger partial charge in [-0.25, -0.2) is 0 Å². The highest BCUT2D eigenvalue weighted by Gasteiger charge is 2.16. The molecule has 0 amide bonds. The molecule has 6 heteroatoms. The zero-order valence-electron chi connectivity index (χ0n) is 10.8. The number of nitrogen functional groups attached to an aromatic ring is 1. The number of anilines is 1. The second-order valence-corrected chi connectivity index (χ2v) is 4.89. The third kappa shape index (κ3) is 3.32. The summed E-state index contributed by atoms with van der Waals surface area (Å²) in [6, 6.07) is 8.39. The quantitative estimate of drug-likeness (QED) is 0.651. The van der Waals surface area contributed by atoms with Crippen LogP contribution in [0.2, 0.25) is 5.02 Å². The molecule has 0 spiro atoms. The summed E-state index contributed by atoms with van der Waals surface area (Å²) in [7, 11) is 0. The lowest BCUT2D eigenvalue weighted by Crippen LogP contribution is -2.25. The van der Waals surface area contributed by atoms with Gasteiger partial charge in [0.15, 0.2) is 5.78 Å². The Morgan fingerprint density at radius 3 is 2.38 bits per heavy atom. The predicted octanol–water partition coefficient (Wildman–Crippen LogP) is 1.15. The molecule has 2 aromatic carbocycles. The fourth-order valence-electron chi connectivity index (χ4n) is 1.93. The Balaban J connectivity index is 2.47. The lowest BCUT2D eigenvalue weighted by atomic mass is 9.97. The number of phenolic OH excluding ortho intramolecular Hbond substituents is 1. The molecule has 0 aliphatic rings. The van der Waals surface area contributed by atoms with E-state index in [1.807, 2.05) is 0 Å². The van der Waals surface area contributed by atoms with Crippen molar-refractivity contribution in [1.29, 1.82) is 0 Å². The Morgan fingerprint density at radius 2 is 1.81 bits per heavy atom. The van der Waals surface area contributed by atoms with Gasteiger partial charge in [0.1, 0.15) is 5.75 Å². The second kappa shape index (κ2) is 5.85. The zero-order chi connectivity index (χ0) is 15.6. The number of rotatable bonds is 4. The predicted molar refractivity (Wildman–Crippen MR) is 76.1 cm³/mol. The van der Waals surface area contributed by atoms with E-state index in [-0.39, 0.29) is 27.6 Å². The average molecular weight is 305 g/mol. The summed E-state index contributed by atoms with van der Waals surface area (Å²) in [5.41, 5.74) is 6.55. The van der Waals surface area contributed by atoms with Crippen molar-refractivity contribution in [3.63, 3.8) is 0 Å². The van der Waals surface area contributed by atoms with Crippen molar-refractivity contribution in [2.24, 2.45) is 0 Å². The summed E-state index contributed by atoms with van der Waals surface area (Å²) < 4.78 is 0. The van der Waals surface area contributed by atoms with E-state index < -0.39 is 18.2 Å². The topological polar surface area (TPSA) is 103 Å². The van der Waals surface area contributed by atoms with Crippen molar-refractivity contribution in [1.82, 2.24) is 0 Å². The number of phenols is 1. The molecule has 0 aromatic heterocycles. The highest BCUT2D eigenvalue weighted by Crippen LogP contribution is 2.26. The number of carboxylic acid groups (broad SMARTS) is 1. The van der Waals surface area contributed by atoms with Gasteiger partial charge in [0.2, 0.25) is 0 Å². The van der Waals surface area contributed by atoms with E-state index in [0.29, 0.717) is 5.56 Å². The molecule has 0 aliphatic carbocycles. The summed E-state index contributed by atoms with van der Waals surface area (Å²) in [4.78, 5) is 23.1. The van der Waals surface area contributed by atoms with E-state index in [9.17, 15) is 19.8 Å². The lowest BCUT2D eigenvalue weighted by molar-refractivity contribution is -0.304. The Bertz CT molecular complexity index is 710. The van der Waals surface area contributed by atoms with E-state index in [1.54, 1.807) is 0 Å². The number of hydrogen-bond acceptors (Lipinski definition) is 5. The smallest absolute Gasteiger partial charge is 0.195 e. The maximum Gasteiger partial charge on any atom is 0.195 e. The van der Waals surface area contributed by atoms with Crippen LogP contribution in [-0.4, -0.2) is 16.9 Å². The van der Waals surface area contributed by atoms with Gasteiger partial charge in [-0.1, -0.05) is 11.6 Å². The van der Waals surface area contributed by atoms with E-state index in [2.05, 4.69) is 0 Å². The number of benzene rings is 2. The number of hydrogen-bond donors (Lipinski definition) is 2. The van der Waals surface area contributed by atoms with Crippen molar-refractivity contribution >= 4 is 29.0 Å². The Kier molecular flexibility index (Phi) is 4.14. The maximum atomic E-state index is 12.4. The van der Waals surface area contributed by atoms with Gasteiger partial charge in [-0.05, 0) is 42.0 Å². The van der Waals surface area contributed by atoms with Crippen molar-refractivity contribution in [3.05, 3.63) is 58.1 Å². The van der Waals surface area contributed by atoms with Gasteiger partial charge in [-0.2, -0.15) is 0 Å². The van der Waals surface area contributed by atoms with Gasteiger partial charge < -0.3 is 20.7 Å². The third-order valence-electron chi connectivity index (χ3n) is 2.94. The van der Waals surface area contributed by atoms with E-state index in [0.717, 1.165) is 0 Å². The van der Waals surface area contributed by atoms with Gasteiger partial charge in [0.25, 0.3) is 0 Å². The molecule has 0 bridgehead atoms. The molecule has 108 valence electrons. The van der Waals surface area contributed by atoms with Crippen molar-refractivity contribution < 1.29 is 19.8 Å². The molecule has 0 heterocycles. The molecular formula is C15H11ClNO4-. The number of nitrogens with two attached hydrogens (primary N) is 1. The Morgan fingerprint density at radius 1 is 1.19 bits per heavy atom. The molecule has 5 nitrogen and oxygen atoms in total. The molecule has 0 saturated carbocycles. The first-order valence-electron chi connectivity index (χ1n) is 6.00. The highest BCUT2D eigenvalue weighted by molar-refractivity contribution is 6.31. The van der Waals surface area contributed by atoms with Gasteiger partial charge in [-0.15, -0.1) is 0 Å². The fraction of sp³-hybridized carbons (Fsp3) is 0.0667. The molecule has 0 fully saturated rings. The summed E-state index contributed by atoms with van der Waals surface area (Å²) in [6.45, 7) is 0. The van der Waals surface area contributed by atoms with Crippen LogP contribution in [0.15, 0.2) is 36.4 Å². The monoisotopic (exact) mass is 304 g/mol. The number of carbonyl (C=O) groups is 2. The van der Waals surface area contributed by atoms with Crippen LogP contribution in [0.1, 0.15) is 21.5 Å². The number of aliphatic carboxylic acids is 1. The number of aromatic hydroxyl groups is 1. The minimum absolute atomic E-state index is 0.0308. The molecular weight excluding hydrogens is 294 g/mol. The summed E-state index contributed by atoms with van der Waals surface area (Å²) in [6.07, 6.45) is -0.428. The number of ketones is 1. The zero-order valence-corrected chi connectivity index (χ0v) is 11.6. The molecule has 2 aromatic rings. The maximum absolute atomic E-state index is 12.4. The fourth-order valence-corrected chi connectivity index (χ4v) is 2.17. The van der Waals surface area contributed by atoms with Crippen LogP contribution < -0.4 is 10.8 Å². The summed E-state index contributed by atoms with van der Waals surface area (Å²) in [5.74, 6) is -1.69. The van der Waals surface area contributed by atoms with E-state index in [4.69, 9.17) is 17.3 Å². The average Bonchev–Trinajstić information content (AvgIpc) is 2.42.